The van der Waals surface area contributed by atoms with Crippen LogP contribution in [0.5, 0.6) is 0 Å². The van der Waals surface area contributed by atoms with E-state index in [4.69, 9.17) is 20.8 Å². The van der Waals surface area contributed by atoms with Gasteiger partial charge in [-0.25, -0.2) is 4.79 Å². The Morgan fingerprint density at radius 2 is 1.96 bits per heavy atom. The van der Waals surface area contributed by atoms with Crippen molar-refractivity contribution in [2.24, 2.45) is 0 Å². The van der Waals surface area contributed by atoms with Crippen molar-refractivity contribution in [3.63, 3.8) is 0 Å². The van der Waals surface area contributed by atoms with Gasteiger partial charge in [-0.1, -0.05) is 23.7 Å². The van der Waals surface area contributed by atoms with Gasteiger partial charge in [0.15, 0.2) is 11.3 Å². The van der Waals surface area contributed by atoms with Gasteiger partial charge < -0.3 is 14.1 Å². The molecule has 0 aliphatic rings. The molecule has 1 amide bonds. The number of halogens is 2. The highest BCUT2D eigenvalue weighted by atomic mass is 79.9. The third-order valence-corrected chi connectivity index (χ3v) is 3.75. The van der Waals surface area contributed by atoms with Crippen LogP contribution in [0, 0.1) is 0 Å². The number of benzene rings is 1. The zero-order valence-electron chi connectivity index (χ0n) is 12.9. The summed E-state index contributed by atoms with van der Waals surface area (Å²) < 4.78 is 10.7. The zero-order valence-corrected chi connectivity index (χ0v) is 15.2. The van der Waals surface area contributed by atoms with E-state index in [-0.39, 0.29) is 12.5 Å². The fraction of sp³-hybridized carbons (Fsp3) is 0.176. The van der Waals surface area contributed by atoms with E-state index >= 15 is 0 Å². The first-order valence-electron chi connectivity index (χ1n) is 7.02. The monoisotopic (exact) mass is 411 g/mol. The average molecular weight is 413 g/mol. The van der Waals surface area contributed by atoms with Crippen molar-refractivity contribution in [3.8, 4) is 0 Å². The molecule has 126 valence electrons. The topological polar surface area (TPSA) is 59.8 Å². The summed E-state index contributed by atoms with van der Waals surface area (Å²) in [6.45, 7) is 0.0823. The van der Waals surface area contributed by atoms with Crippen molar-refractivity contribution >= 4 is 45.5 Å². The highest BCUT2D eigenvalue weighted by Crippen LogP contribution is 2.15. The van der Waals surface area contributed by atoms with Gasteiger partial charge >= 0.3 is 5.97 Å². The Labute approximate surface area is 153 Å². The summed E-state index contributed by atoms with van der Waals surface area (Å²) in [5.41, 5.74) is 0.935. The number of nitrogens with zero attached hydrogens (tertiary/aromatic N) is 1. The molecule has 0 N–H and O–H groups in total. The molecule has 2 rings (SSSR count). The molecule has 0 aliphatic carbocycles. The van der Waals surface area contributed by atoms with Crippen LogP contribution in [-0.2, 0) is 20.9 Å². The van der Waals surface area contributed by atoms with Crippen LogP contribution in [0.1, 0.15) is 11.3 Å². The molecule has 0 saturated heterocycles. The van der Waals surface area contributed by atoms with E-state index in [0.29, 0.717) is 22.0 Å². The first kappa shape index (κ1) is 18.3. The summed E-state index contributed by atoms with van der Waals surface area (Å²) in [5, 5.41) is 0.636. The summed E-state index contributed by atoms with van der Waals surface area (Å²) in [6, 6.07) is 10.6. The smallest absolute Gasteiger partial charge is 0.331 e. The zero-order chi connectivity index (χ0) is 17.5. The molecule has 0 saturated carbocycles. The lowest BCUT2D eigenvalue weighted by atomic mass is 10.2. The molecule has 0 aliphatic heterocycles. The Balaban J connectivity index is 1.78. The Morgan fingerprint density at radius 3 is 2.58 bits per heavy atom. The lowest BCUT2D eigenvalue weighted by Gasteiger charge is -2.17. The fourth-order valence-electron chi connectivity index (χ4n) is 1.81. The van der Waals surface area contributed by atoms with Crippen molar-refractivity contribution in [3.05, 3.63) is 63.5 Å². The molecule has 1 aromatic heterocycles. The molecule has 2 aromatic rings. The van der Waals surface area contributed by atoms with Gasteiger partial charge in [0.05, 0.1) is 0 Å². The number of esters is 1. The first-order valence-corrected chi connectivity index (χ1v) is 8.20. The third kappa shape index (κ3) is 5.86. The minimum atomic E-state index is -0.615. The molecule has 0 atom stereocenters. The van der Waals surface area contributed by atoms with Gasteiger partial charge in [0, 0.05) is 24.7 Å². The summed E-state index contributed by atoms with van der Waals surface area (Å²) in [5.74, 6) is -0.409. The molecule has 0 unspecified atom stereocenters. The fourth-order valence-corrected chi connectivity index (χ4v) is 2.26. The van der Waals surface area contributed by atoms with Gasteiger partial charge in [-0.3, -0.25) is 4.79 Å². The van der Waals surface area contributed by atoms with Gasteiger partial charge in [0.2, 0.25) is 0 Å². The van der Waals surface area contributed by atoms with Gasteiger partial charge in [-0.15, -0.1) is 0 Å². The maximum Gasteiger partial charge on any atom is 0.331 e. The number of hydrogen-bond donors (Lipinski definition) is 0. The van der Waals surface area contributed by atoms with E-state index in [1.54, 1.807) is 31.3 Å². The SMILES string of the molecule is CN(Cc1ccc(Cl)cc1)C(=O)COC(=O)/C=C/c1ccc(Br)o1. The number of hydrogen-bond acceptors (Lipinski definition) is 4. The minimum Gasteiger partial charge on any atom is -0.452 e. The first-order chi connectivity index (χ1) is 11.4. The molecule has 0 fully saturated rings. The minimum absolute atomic E-state index is 0.299. The van der Waals surface area contributed by atoms with E-state index in [1.807, 2.05) is 12.1 Å². The van der Waals surface area contributed by atoms with Crippen molar-refractivity contribution in [1.29, 1.82) is 0 Å². The molecule has 0 radical (unpaired) electrons. The molecule has 24 heavy (non-hydrogen) atoms. The Morgan fingerprint density at radius 1 is 1.25 bits per heavy atom. The predicted molar refractivity (Wildman–Crippen MR) is 94.3 cm³/mol. The molecule has 7 heteroatoms. The predicted octanol–water partition coefficient (Wildman–Crippen LogP) is 3.91. The number of carbonyl (C=O) groups is 2. The molecule has 0 spiro atoms. The largest absolute Gasteiger partial charge is 0.452 e. The maximum absolute atomic E-state index is 12.0. The number of likely N-dealkylation sites (N-methyl/N-ethyl adjacent to an activating group) is 1. The number of furan rings is 1. The summed E-state index contributed by atoms with van der Waals surface area (Å²) >= 11 is 8.98. The van der Waals surface area contributed by atoms with Crippen LogP contribution >= 0.6 is 27.5 Å². The Kier molecular flexibility index (Phi) is 6.63. The van der Waals surface area contributed by atoms with E-state index in [2.05, 4.69) is 15.9 Å². The third-order valence-electron chi connectivity index (χ3n) is 3.07. The van der Waals surface area contributed by atoms with Crippen LogP contribution in [0.3, 0.4) is 0 Å². The molecule has 1 aromatic carbocycles. The average Bonchev–Trinajstić information content (AvgIpc) is 2.98. The van der Waals surface area contributed by atoms with E-state index in [0.717, 1.165) is 5.56 Å². The molecular formula is C17H15BrClNO4. The van der Waals surface area contributed by atoms with Gasteiger partial charge in [-0.05, 0) is 51.8 Å². The van der Waals surface area contributed by atoms with Crippen molar-refractivity contribution < 1.29 is 18.7 Å². The van der Waals surface area contributed by atoms with Gasteiger partial charge in [0.1, 0.15) is 5.76 Å². The molecule has 1 heterocycles. The van der Waals surface area contributed by atoms with Crippen molar-refractivity contribution in [2.45, 2.75) is 6.54 Å². The Hall–Kier alpha value is -2.05. The van der Waals surface area contributed by atoms with Crippen LogP contribution in [0.15, 0.2) is 51.6 Å². The van der Waals surface area contributed by atoms with Crippen LogP contribution < -0.4 is 0 Å². The maximum atomic E-state index is 12.0. The van der Waals surface area contributed by atoms with Crippen LogP contribution in [0.2, 0.25) is 5.02 Å². The van der Waals surface area contributed by atoms with Crippen LogP contribution in [0.4, 0.5) is 0 Å². The van der Waals surface area contributed by atoms with E-state index < -0.39 is 5.97 Å². The van der Waals surface area contributed by atoms with E-state index in [9.17, 15) is 9.59 Å². The standard InChI is InChI=1S/C17H15BrClNO4/c1-20(10-12-2-4-13(19)5-3-12)16(21)11-23-17(22)9-7-14-6-8-15(18)24-14/h2-9H,10-11H2,1H3/b9-7+. The van der Waals surface area contributed by atoms with Crippen molar-refractivity contribution in [2.75, 3.05) is 13.7 Å². The Bertz CT molecular complexity index is 739. The molecule has 0 bridgehead atoms. The number of ether oxygens (including phenoxy) is 1. The molecule has 5 nitrogen and oxygen atoms in total. The second kappa shape index (κ2) is 8.70. The van der Waals surface area contributed by atoms with Crippen LogP contribution in [0.25, 0.3) is 6.08 Å². The highest BCUT2D eigenvalue weighted by Gasteiger charge is 2.11. The van der Waals surface area contributed by atoms with Crippen LogP contribution in [-0.4, -0.2) is 30.4 Å². The van der Waals surface area contributed by atoms with Gasteiger partial charge in [-0.2, -0.15) is 0 Å². The quantitative estimate of drug-likeness (QED) is 0.533. The summed E-state index contributed by atoms with van der Waals surface area (Å²) in [6.07, 6.45) is 2.67. The van der Waals surface area contributed by atoms with Crippen molar-refractivity contribution in [1.82, 2.24) is 4.90 Å². The van der Waals surface area contributed by atoms with Gasteiger partial charge in [0.25, 0.3) is 5.91 Å². The number of rotatable bonds is 6. The number of amides is 1. The number of carbonyl (C=O) groups excluding carboxylic acids is 2. The second-order valence-electron chi connectivity index (χ2n) is 4.96. The second-order valence-corrected chi connectivity index (χ2v) is 6.18. The summed E-state index contributed by atoms with van der Waals surface area (Å²) in [7, 11) is 1.64. The lowest BCUT2D eigenvalue weighted by molar-refractivity contribution is -0.147. The van der Waals surface area contributed by atoms with E-state index in [1.165, 1.54) is 17.1 Å². The molecular weight excluding hydrogens is 398 g/mol. The normalized spacial score (nSPS) is 10.8. The summed E-state index contributed by atoms with van der Waals surface area (Å²) in [4.78, 5) is 25.0. The lowest BCUT2D eigenvalue weighted by Crippen LogP contribution is -2.30. The highest BCUT2D eigenvalue weighted by molar-refractivity contribution is 9.10.